The first-order valence-corrected chi connectivity index (χ1v) is 5.74. The van der Waals surface area contributed by atoms with Crippen LogP contribution in [-0.4, -0.2) is 9.97 Å². The van der Waals surface area contributed by atoms with Crippen LogP contribution in [0.5, 0.6) is 0 Å². The second-order valence-corrected chi connectivity index (χ2v) is 4.53. The molecule has 4 nitrogen and oxygen atoms in total. The standard InChI is InChI=1S/C10H6ClN3OS/c11-6-1-5(8-3-16-10(12)14-8)2-7-9(6)15-4-13-7/h1-4H,(H2,12,14). The molecule has 0 aliphatic carbocycles. The topological polar surface area (TPSA) is 64.9 Å². The Balaban J connectivity index is 2.24. The van der Waals surface area contributed by atoms with Gasteiger partial charge in [0.15, 0.2) is 17.1 Å². The van der Waals surface area contributed by atoms with Gasteiger partial charge in [-0.15, -0.1) is 11.3 Å². The van der Waals surface area contributed by atoms with Crippen molar-refractivity contribution in [1.29, 1.82) is 0 Å². The van der Waals surface area contributed by atoms with Gasteiger partial charge in [-0.05, 0) is 12.1 Å². The quantitative estimate of drug-likeness (QED) is 0.721. The Labute approximate surface area is 99.7 Å². The van der Waals surface area contributed by atoms with E-state index >= 15 is 0 Å². The zero-order chi connectivity index (χ0) is 11.1. The normalized spacial score (nSPS) is 11.1. The molecule has 0 amide bonds. The monoisotopic (exact) mass is 251 g/mol. The van der Waals surface area contributed by atoms with Crippen LogP contribution in [-0.2, 0) is 0 Å². The zero-order valence-corrected chi connectivity index (χ0v) is 9.55. The van der Waals surface area contributed by atoms with Gasteiger partial charge in [0.25, 0.3) is 0 Å². The Morgan fingerprint density at radius 3 is 3.00 bits per heavy atom. The summed E-state index contributed by atoms with van der Waals surface area (Å²) in [6, 6.07) is 3.67. The van der Waals surface area contributed by atoms with Gasteiger partial charge in [-0.3, -0.25) is 0 Å². The third-order valence-electron chi connectivity index (χ3n) is 2.20. The number of nitrogen functional groups attached to an aromatic ring is 1. The molecule has 0 saturated carbocycles. The lowest BCUT2D eigenvalue weighted by Gasteiger charge is -1.97. The summed E-state index contributed by atoms with van der Waals surface area (Å²) in [6.07, 6.45) is 1.37. The van der Waals surface area contributed by atoms with Crippen molar-refractivity contribution in [2.24, 2.45) is 0 Å². The van der Waals surface area contributed by atoms with Gasteiger partial charge >= 0.3 is 0 Å². The van der Waals surface area contributed by atoms with Gasteiger partial charge in [0.2, 0.25) is 0 Å². The molecule has 0 atom stereocenters. The first kappa shape index (κ1) is 9.62. The van der Waals surface area contributed by atoms with Crippen LogP contribution in [0.2, 0.25) is 5.02 Å². The average molecular weight is 252 g/mol. The molecule has 0 radical (unpaired) electrons. The van der Waals surface area contributed by atoms with Crippen molar-refractivity contribution in [3.8, 4) is 11.3 Å². The fourth-order valence-electron chi connectivity index (χ4n) is 1.50. The molecule has 2 aromatic heterocycles. The number of thiazole rings is 1. The van der Waals surface area contributed by atoms with Crippen LogP contribution < -0.4 is 5.73 Å². The van der Waals surface area contributed by atoms with Crippen LogP contribution in [0.4, 0.5) is 5.13 Å². The minimum atomic E-state index is 0.525. The van der Waals surface area contributed by atoms with E-state index < -0.39 is 0 Å². The van der Waals surface area contributed by atoms with E-state index in [2.05, 4.69) is 9.97 Å². The average Bonchev–Trinajstić information content (AvgIpc) is 2.85. The molecular weight excluding hydrogens is 246 g/mol. The van der Waals surface area contributed by atoms with Gasteiger partial charge in [0.05, 0.1) is 10.7 Å². The molecule has 3 rings (SSSR count). The molecule has 2 heterocycles. The molecule has 3 aromatic rings. The molecule has 16 heavy (non-hydrogen) atoms. The predicted molar refractivity (Wildman–Crippen MR) is 64.5 cm³/mol. The molecule has 2 N–H and O–H groups in total. The fourth-order valence-corrected chi connectivity index (χ4v) is 2.33. The first-order chi connectivity index (χ1) is 7.74. The highest BCUT2D eigenvalue weighted by Crippen LogP contribution is 2.31. The van der Waals surface area contributed by atoms with Crippen LogP contribution in [0, 0.1) is 0 Å². The third-order valence-corrected chi connectivity index (χ3v) is 3.16. The van der Waals surface area contributed by atoms with Gasteiger partial charge in [0.1, 0.15) is 5.52 Å². The summed E-state index contributed by atoms with van der Waals surface area (Å²) in [5.74, 6) is 0. The number of rotatable bonds is 1. The Morgan fingerprint density at radius 2 is 2.25 bits per heavy atom. The molecule has 0 bridgehead atoms. The maximum absolute atomic E-state index is 6.07. The van der Waals surface area contributed by atoms with Crippen molar-refractivity contribution in [1.82, 2.24) is 9.97 Å². The minimum absolute atomic E-state index is 0.525. The van der Waals surface area contributed by atoms with Crippen LogP contribution in [0.15, 0.2) is 28.3 Å². The lowest BCUT2D eigenvalue weighted by molar-refractivity contribution is 0.602. The summed E-state index contributed by atoms with van der Waals surface area (Å²) in [4.78, 5) is 8.26. The van der Waals surface area contributed by atoms with Crippen LogP contribution in [0.25, 0.3) is 22.4 Å². The van der Waals surface area contributed by atoms with Crippen LogP contribution >= 0.6 is 22.9 Å². The highest BCUT2D eigenvalue weighted by molar-refractivity contribution is 7.13. The molecule has 0 spiro atoms. The van der Waals surface area contributed by atoms with E-state index in [1.807, 2.05) is 11.4 Å². The van der Waals surface area contributed by atoms with Gasteiger partial charge in [0, 0.05) is 10.9 Å². The number of halogens is 1. The second kappa shape index (κ2) is 3.47. The number of oxazole rings is 1. The summed E-state index contributed by atoms with van der Waals surface area (Å²) in [5.41, 5.74) is 8.58. The minimum Gasteiger partial charge on any atom is -0.442 e. The number of fused-ring (bicyclic) bond motifs is 1. The molecule has 0 fully saturated rings. The SMILES string of the molecule is Nc1nc(-c2cc(Cl)c3ocnc3c2)cs1. The zero-order valence-electron chi connectivity index (χ0n) is 7.98. The van der Waals surface area contributed by atoms with E-state index in [1.165, 1.54) is 17.7 Å². The van der Waals surface area contributed by atoms with Crippen molar-refractivity contribution in [2.75, 3.05) is 5.73 Å². The second-order valence-electron chi connectivity index (χ2n) is 3.23. The highest BCUT2D eigenvalue weighted by Gasteiger charge is 2.09. The number of nitrogens with zero attached hydrogens (tertiary/aromatic N) is 2. The van der Waals surface area contributed by atoms with E-state index in [0.29, 0.717) is 21.3 Å². The maximum atomic E-state index is 6.07. The Bertz CT molecular complexity index is 661. The van der Waals surface area contributed by atoms with E-state index in [1.54, 1.807) is 6.07 Å². The molecule has 1 aromatic carbocycles. The van der Waals surface area contributed by atoms with Crippen molar-refractivity contribution >= 4 is 39.2 Å². The molecule has 0 saturated heterocycles. The Kier molecular flexibility index (Phi) is 2.08. The summed E-state index contributed by atoms with van der Waals surface area (Å²) >= 11 is 7.46. The number of nitrogens with two attached hydrogens (primary N) is 1. The third kappa shape index (κ3) is 1.45. The summed E-state index contributed by atoms with van der Waals surface area (Å²) < 4.78 is 5.16. The van der Waals surface area contributed by atoms with E-state index in [-0.39, 0.29) is 0 Å². The summed E-state index contributed by atoms with van der Waals surface area (Å²) in [7, 11) is 0. The molecule has 0 unspecified atom stereocenters. The number of hydrogen-bond donors (Lipinski definition) is 1. The van der Waals surface area contributed by atoms with E-state index in [4.69, 9.17) is 21.8 Å². The van der Waals surface area contributed by atoms with Crippen molar-refractivity contribution in [2.45, 2.75) is 0 Å². The molecular formula is C10H6ClN3OS. The van der Waals surface area contributed by atoms with E-state index in [9.17, 15) is 0 Å². The summed E-state index contributed by atoms with van der Waals surface area (Å²) in [6.45, 7) is 0. The Morgan fingerprint density at radius 1 is 1.38 bits per heavy atom. The first-order valence-electron chi connectivity index (χ1n) is 4.48. The largest absolute Gasteiger partial charge is 0.442 e. The fraction of sp³-hybridized carbons (Fsp3) is 0. The number of anilines is 1. The lowest BCUT2D eigenvalue weighted by atomic mass is 10.1. The van der Waals surface area contributed by atoms with Gasteiger partial charge < -0.3 is 10.2 Å². The Hall–Kier alpha value is -1.59. The van der Waals surface area contributed by atoms with Crippen molar-refractivity contribution in [3.63, 3.8) is 0 Å². The van der Waals surface area contributed by atoms with Crippen molar-refractivity contribution in [3.05, 3.63) is 28.9 Å². The lowest BCUT2D eigenvalue weighted by Crippen LogP contribution is -1.83. The predicted octanol–water partition coefficient (Wildman–Crippen LogP) is 3.19. The van der Waals surface area contributed by atoms with Gasteiger partial charge in [-0.25, -0.2) is 9.97 Å². The van der Waals surface area contributed by atoms with E-state index in [0.717, 1.165) is 11.3 Å². The smallest absolute Gasteiger partial charge is 0.182 e. The highest BCUT2D eigenvalue weighted by atomic mass is 35.5. The molecule has 0 aliphatic heterocycles. The summed E-state index contributed by atoms with van der Waals surface area (Å²) in [5, 5.41) is 2.94. The van der Waals surface area contributed by atoms with Gasteiger partial charge in [-0.1, -0.05) is 11.6 Å². The number of benzene rings is 1. The molecule has 0 aliphatic rings. The molecule has 6 heteroatoms. The maximum Gasteiger partial charge on any atom is 0.182 e. The molecule has 80 valence electrons. The van der Waals surface area contributed by atoms with Crippen LogP contribution in [0.3, 0.4) is 0 Å². The van der Waals surface area contributed by atoms with Gasteiger partial charge in [-0.2, -0.15) is 0 Å². The van der Waals surface area contributed by atoms with Crippen LogP contribution in [0.1, 0.15) is 0 Å². The number of aromatic nitrogens is 2. The van der Waals surface area contributed by atoms with Crippen molar-refractivity contribution < 1.29 is 4.42 Å². The number of hydrogen-bond acceptors (Lipinski definition) is 5.